The number of hydrogen-bond acceptors (Lipinski definition) is 2. The van der Waals surface area contributed by atoms with Gasteiger partial charge in [-0.15, -0.1) is 0 Å². The van der Waals surface area contributed by atoms with Gasteiger partial charge < -0.3 is 10.1 Å². The van der Waals surface area contributed by atoms with Crippen LogP contribution in [0.2, 0.25) is 0 Å². The lowest BCUT2D eigenvalue weighted by Crippen LogP contribution is -2.05. The number of halogens is 1. The van der Waals surface area contributed by atoms with Crippen molar-refractivity contribution in [3.05, 3.63) is 89.0 Å². The molecule has 3 nitrogen and oxygen atoms in total. The SMILES string of the molecule is O=C1Nc2cc(F)ccc2/C1=C1C=C(/C=C/c2ccccc2)CO\1. The Morgan fingerprint density at radius 2 is 1.92 bits per heavy atom. The van der Waals surface area contributed by atoms with Gasteiger partial charge in [-0.2, -0.15) is 0 Å². The number of rotatable bonds is 2. The van der Waals surface area contributed by atoms with E-state index in [-0.39, 0.29) is 11.7 Å². The maximum absolute atomic E-state index is 13.3. The summed E-state index contributed by atoms with van der Waals surface area (Å²) in [6.45, 7) is 0.409. The first-order valence-corrected chi connectivity index (χ1v) is 7.63. The lowest BCUT2D eigenvalue weighted by molar-refractivity contribution is -0.110. The monoisotopic (exact) mass is 319 g/mol. The molecule has 2 aromatic carbocycles. The molecule has 1 N–H and O–H groups in total. The summed E-state index contributed by atoms with van der Waals surface area (Å²) in [5, 5.41) is 2.67. The van der Waals surface area contributed by atoms with Crippen LogP contribution >= 0.6 is 0 Å². The molecule has 0 saturated carbocycles. The van der Waals surface area contributed by atoms with Crippen molar-refractivity contribution in [2.24, 2.45) is 0 Å². The van der Waals surface area contributed by atoms with Crippen LogP contribution in [-0.2, 0) is 9.53 Å². The second-order valence-corrected chi connectivity index (χ2v) is 5.64. The number of ether oxygens (including phenoxy) is 1. The Labute approximate surface area is 138 Å². The fourth-order valence-corrected chi connectivity index (χ4v) is 2.81. The van der Waals surface area contributed by atoms with Crippen molar-refractivity contribution in [3.8, 4) is 0 Å². The highest BCUT2D eigenvalue weighted by Gasteiger charge is 2.29. The lowest BCUT2D eigenvalue weighted by Gasteiger charge is -2.02. The maximum Gasteiger partial charge on any atom is 0.260 e. The summed E-state index contributed by atoms with van der Waals surface area (Å²) in [5.41, 5.74) is 3.67. The molecule has 2 heterocycles. The first-order chi connectivity index (χ1) is 11.7. The summed E-state index contributed by atoms with van der Waals surface area (Å²) in [7, 11) is 0. The van der Waals surface area contributed by atoms with E-state index >= 15 is 0 Å². The average Bonchev–Trinajstić information content (AvgIpc) is 3.16. The van der Waals surface area contributed by atoms with Gasteiger partial charge in [-0.1, -0.05) is 42.5 Å². The van der Waals surface area contributed by atoms with E-state index in [1.165, 1.54) is 12.1 Å². The zero-order valence-corrected chi connectivity index (χ0v) is 12.8. The third kappa shape index (κ3) is 2.63. The summed E-state index contributed by atoms with van der Waals surface area (Å²) in [4.78, 5) is 12.2. The number of nitrogens with one attached hydrogen (secondary N) is 1. The molecule has 118 valence electrons. The van der Waals surface area contributed by atoms with Gasteiger partial charge >= 0.3 is 0 Å². The largest absolute Gasteiger partial charge is 0.488 e. The molecule has 2 aliphatic heterocycles. The van der Waals surface area contributed by atoms with Crippen LogP contribution in [0.5, 0.6) is 0 Å². The maximum atomic E-state index is 13.3. The van der Waals surface area contributed by atoms with Crippen LogP contribution in [0.15, 0.2) is 72.0 Å². The van der Waals surface area contributed by atoms with Crippen molar-refractivity contribution >= 4 is 23.2 Å². The number of fused-ring (bicyclic) bond motifs is 1. The summed E-state index contributed by atoms with van der Waals surface area (Å²) in [5.74, 6) is -0.129. The van der Waals surface area contributed by atoms with Crippen molar-refractivity contribution in [2.45, 2.75) is 0 Å². The third-order valence-corrected chi connectivity index (χ3v) is 3.97. The highest BCUT2D eigenvalue weighted by molar-refractivity contribution is 6.32. The predicted octanol–water partition coefficient (Wildman–Crippen LogP) is 4.16. The van der Waals surface area contributed by atoms with Gasteiger partial charge in [0, 0.05) is 5.56 Å². The van der Waals surface area contributed by atoms with Crippen molar-refractivity contribution in [1.82, 2.24) is 0 Å². The average molecular weight is 319 g/mol. The van der Waals surface area contributed by atoms with E-state index < -0.39 is 0 Å². The van der Waals surface area contributed by atoms with Crippen LogP contribution in [-0.4, -0.2) is 12.5 Å². The van der Waals surface area contributed by atoms with Crippen molar-refractivity contribution in [2.75, 3.05) is 11.9 Å². The van der Waals surface area contributed by atoms with Gasteiger partial charge in [-0.25, -0.2) is 4.39 Å². The van der Waals surface area contributed by atoms with Gasteiger partial charge in [0.2, 0.25) is 0 Å². The van der Waals surface area contributed by atoms with E-state index in [4.69, 9.17) is 4.74 Å². The van der Waals surface area contributed by atoms with Crippen LogP contribution in [0, 0.1) is 5.82 Å². The molecule has 4 rings (SSSR count). The number of hydrogen-bond donors (Lipinski definition) is 1. The van der Waals surface area contributed by atoms with E-state index in [2.05, 4.69) is 5.32 Å². The number of benzene rings is 2. The van der Waals surface area contributed by atoms with Crippen LogP contribution < -0.4 is 5.32 Å². The Bertz CT molecular complexity index is 910. The minimum Gasteiger partial charge on any atom is -0.488 e. The molecular weight excluding hydrogens is 305 g/mol. The summed E-state index contributed by atoms with van der Waals surface area (Å²) in [6.07, 6.45) is 5.83. The Hall–Kier alpha value is -3.14. The third-order valence-electron chi connectivity index (χ3n) is 3.97. The van der Waals surface area contributed by atoms with Gasteiger partial charge in [0.25, 0.3) is 5.91 Å². The van der Waals surface area contributed by atoms with E-state index in [1.54, 1.807) is 6.07 Å². The molecule has 0 atom stereocenters. The van der Waals surface area contributed by atoms with Gasteiger partial charge in [-0.3, -0.25) is 4.79 Å². The second kappa shape index (κ2) is 5.81. The molecule has 0 fully saturated rings. The van der Waals surface area contributed by atoms with E-state index in [1.807, 2.05) is 48.6 Å². The van der Waals surface area contributed by atoms with E-state index in [0.29, 0.717) is 29.2 Å². The summed E-state index contributed by atoms with van der Waals surface area (Å²) >= 11 is 0. The molecule has 0 aliphatic carbocycles. The first kappa shape index (κ1) is 14.5. The molecule has 2 aromatic rings. The van der Waals surface area contributed by atoms with E-state index in [9.17, 15) is 9.18 Å². The molecule has 0 unspecified atom stereocenters. The lowest BCUT2D eigenvalue weighted by atomic mass is 10.1. The highest BCUT2D eigenvalue weighted by atomic mass is 19.1. The molecule has 0 radical (unpaired) electrons. The van der Waals surface area contributed by atoms with Gasteiger partial charge in [0.1, 0.15) is 18.2 Å². The fraction of sp³-hybridized carbons (Fsp3) is 0.0500. The molecule has 0 spiro atoms. The Morgan fingerprint density at radius 3 is 2.75 bits per heavy atom. The number of carbonyl (C=O) groups excluding carboxylic acids is 1. The molecule has 2 aliphatic rings. The summed E-state index contributed by atoms with van der Waals surface area (Å²) < 4.78 is 19.0. The topological polar surface area (TPSA) is 38.3 Å². The second-order valence-electron chi connectivity index (χ2n) is 5.64. The van der Waals surface area contributed by atoms with Crippen LogP contribution in [0.1, 0.15) is 11.1 Å². The first-order valence-electron chi connectivity index (χ1n) is 7.63. The Balaban J connectivity index is 1.66. The minimum absolute atomic E-state index is 0.268. The van der Waals surface area contributed by atoms with Crippen molar-refractivity contribution in [3.63, 3.8) is 0 Å². The minimum atomic E-state index is -0.380. The molecule has 1 amide bonds. The molecule has 4 heteroatoms. The molecular formula is C20H14FNO2. The zero-order chi connectivity index (χ0) is 16.5. The normalized spacial score (nSPS) is 19.2. The van der Waals surface area contributed by atoms with Crippen LogP contribution in [0.3, 0.4) is 0 Å². The smallest absolute Gasteiger partial charge is 0.260 e. The highest BCUT2D eigenvalue weighted by Crippen LogP contribution is 2.36. The molecule has 24 heavy (non-hydrogen) atoms. The number of anilines is 1. The quantitative estimate of drug-likeness (QED) is 0.844. The number of amides is 1. The predicted molar refractivity (Wildman–Crippen MR) is 91.5 cm³/mol. The van der Waals surface area contributed by atoms with Gasteiger partial charge in [0.05, 0.1) is 11.3 Å². The fourth-order valence-electron chi connectivity index (χ4n) is 2.81. The van der Waals surface area contributed by atoms with Gasteiger partial charge in [-0.05, 0) is 35.4 Å². The van der Waals surface area contributed by atoms with Crippen LogP contribution in [0.4, 0.5) is 10.1 Å². The molecule has 0 saturated heterocycles. The Morgan fingerprint density at radius 1 is 1.08 bits per heavy atom. The molecule has 0 aromatic heterocycles. The molecule has 0 bridgehead atoms. The number of allylic oxidation sites excluding steroid dienone is 1. The van der Waals surface area contributed by atoms with Crippen molar-refractivity contribution < 1.29 is 13.9 Å². The van der Waals surface area contributed by atoms with Crippen LogP contribution in [0.25, 0.3) is 11.6 Å². The summed E-state index contributed by atoms with van der Waals surface area (Å²) in [6, 6.07) is 14.2. The van der Waals surface area contributed by atoms with Crippen molar-refractivity contribution in [1.29, 1.82) is 0 Å². The zero-order valence-electron chi connectivity index (χ0n) is 12.8. The van der Waals surface area contributed by atoms with Gasteiger partial charge in [0.15, 0.2) is 0 Å². The standard InChI is InChI=1S/C20H14FNO2/c21-15-8-9-16-17(11-15)22-20(23)19(16)18-10-14(12-24-18)7-6-13-4-2-1-3-5-13/h1-11H,12H2,(H,22,23)/b7-6+,19-18-. The van der Waals surface area contributed by atoms with E-state index in [0.717, 1.165) is 11.1 Å². The Kier molecular flexibility index (Phi) is 3.50. The number of carbonyl (C=O) groups is 1.